The van der Waals surface area contributed by atoms with Gasteiger partial charge in [0.25, 0.3) is 0 Å². The molecule has 4 rings (SSSR count). The lowest BCUT2D eigenvalue weighted by Gasteiger charge is -2.61. The largest absolute Gasteiger partial charge is 0.390 e. The predicted octanol–water partition coefficient (Wildman–Crippen LogP) is 3.81. The van der Waals surface area contributed by atoms with Gasteiger partial charge >= 0.3 is 0 Å². The summed E-state index contributed by atoms with van der Waals surface area (Å²) in [4.78, 5) is 13.3. The SMILES string of the molecule is CC(C)[C@@H](C)[C@@H](O)[C@H](O)[C@@H](C)[C@H]1CC[C@H]2[C@@H]3CC(=O)[C@@H]4C[C@@H](O)[C@@H](O)C[C@]4(C)[C@H]3CC[C@]12C. The van der Waals surface area contributed by atoms with E-state index in [2.05, 4.69) is 34.6 Å². The zero-order chi connectivity index (χ0) is 24.5. The van der Waals surface area contributed by atoms with Gasteiger partial charge in [0.15, 0.2) is 0 Å². The maximum atomic E-state index is 13.3. The number of fused-ring (bicyclic) bond motifs is 5. The molecule has 4 saturated carbocycles. The Kier molecular flexibility index (Phi) is 6.88. The van der Waals surface area contributed by atoms with Gasteiger partial charge in [-0.3, -0.25) is 4.79 Å². The van der Waals surface area contributed by atoms with Gasteiger partial charge in [0.05, 0.1) is 24.4 Å². The Morgan fingerprint density at radius 1 is 0.879 bits per heavy atom. The number of hydrogen-bond donors (Lipinski definition) is 4. The minimum absolute atomic E-state index is 0.0158. The van der Waals surface area contributed by atoms with E-state index in [0.29, 0.717) is 48.9 Å². The highest BCUT2D eigenvalue weighted by molar-refractivity contribution is 5.83. The van der Waals surface area contributed by atoms with E-state index in [1.165, 1.54) is 0 Å². The molecule has 0 heterocycles. The number of aliphatic hydroxyl groups excluding tert-OH is 4. The number of Topliss-reactive ketones (excluding diaryl/α,β-unsaturated/α-hetero) is 1. The quantitative estimate of drug-likeness (QED) is 0.496. The average Bonchev–Trinajstić information content (AvgIpc) is 3.10. The molecule has 0 bridgehead atoms. The summed E-state index contributed by atoms with van der Waals surface area (Å²) in [7, 11) is 0. The van der Waals surface area contributed by atoms with Crippen molar-refractivity contribution in [3.05, 3.63) is 0 Å². The van der Waals surface area contributed by atoms with Gasteiger partial charge in [0.2, 0.25) is 0 Å². The summed E-state index contributed by atoms with van der Waals surface area (Å²) < 4.78 is 0. The van der Waals surface area contributed by atoms with Crippen molar-refractivity contribution >= 4 is 5.78 Å². The molecule has 4 aliphatic rings. The minimum atomic E-state index is -0.782. The second-order valence-electron chi connectivity index (χ2n) is 13.4. The summed E-state index contributed by atoms with van der Waals surface area (Å²) in [6.45, 7) is 12.9. The molecule has 0 amide bonds. The molecule has 4 aliphatic carbocycles. The van der Waals surface area contributed by atoms with E-state index in [9.17, 15) is 25.2 Å². The van der Waals surface area contributed by atoms with Crippen molar-refractivity contribution in [2.75, 3.05) is 0 Å². The monoisotopic (exact) mass is 464 g/mol. The van der Waals surface area contributed by atoms with Gasteiger partial charge in [-0.1, -0.05) is 41.5 Å². The van der Waals surface area contributed by atoms with Gasteiger partial charge in [-0.2, -0.15) is 0 Å². The van der Waals surface area contributed by atoms with Crippen LogP contribution in [0.15, 0.2) is 0 Å². The van der Waals surface area contributed by atoms with E-state index in [1.807, 2.05) is 6.92 Å². The summed E-state index contributed by atoms with van der Waals surface area (Å²) in [5.74, 6) is 2.05. The van der Waals surface area contributed by atoms with Crippen molar-refractivity contribution in [3.8, 4) is 0 Å². The minimum Gasteiger partial charge on any atom is -0.390 e. The molecule has 0 aromatic carbocycles. The van der Waals surface area contributed by atoms with Crippen molar-refractivity contribution in [1.29, 1.82) is 0 Å². The molecule has 190 valence electrons. The van der Waals surface area contributed by atoms with E-state index < -0.39 is 24.4 Å². The Balaban J connectivity index is 1.56. The second kappa shape index (κ2) is 8.87. The van der Waals surface area contributed by atoms with Crippen LogP contribution in [-0.2, 0) is 4.79 Å². The third-order valence-electron chi connectivity index (χ3n) is 11.7. The van der Waals surface area contributed by atoms with Crippen LogP contribution in [0.25, 0.3) is 0 Å². The topological polar surface area (TPSA) is 98.0 Å². The molecule has 0 aromatic heterocycles. The standard InChI is InChI=1S/C28H48O5/c1-14(2)15(3)25(32)26(33)16(4)18-7-8-19-17-11-22(29)21-12-23(30)24(31)13-28(21,6)20(17)9-10-27(18,19)5/h14-21,23-26,30-33H,7-13H2,1-6H3/t15-,16+,17+,18-,19+,20+,21+,23-,24+,25-,26-,27-,28-/m1/s1. The summed E-state index contributed by atoms with van der Waals surface area (Å²) in [5.41, 5.74) is -0.162. The Labute approximate surface area is 200 Å². The normalized spacial score (nSPS) is 49.1. The number of carbonyl (C=O) groups is 1. The van der Waals surface area contributed by atoms with Crippen LogP contribution in [0.3, 0.4) is 0 Å². The molecule has 0 spiro atoms. The van der Waals surface area contributed by atoms with E-state index >= 15 is 0 Å². The molecule has 0 unspecified atom stereocenters. The highest BCUT2D eigenvalue weighted by Gasteiger charge is 2.63. The van der Waals surface area contributed by atoms with Crippen LogP contribution in [-0.4, -0.2) is 50.6 Å². The lowest BCUT2D eigenvalue weighted by atomic mass is 9.44. The number of rotatable bonds is 5. The van der Waals surface area contributed by atoms with Crippen LogP contribution < -0.4 is 0 Å². The molecule has 5 nitrogen and oxygen atoms in total. The average molecular weight is 465 g/mol. The zero-order valence-electron chi connectivity index (χ0n) is 21.6. The number of carbonyl (C=O) groups excluding carboxylic acids is 1. The molecule has 33 heavy (non-hydrogen) atoms. The Morgan fingerprint density at radius 2 is 1.52 bits per heavy atom. The van der Waals surface area contributed by atoms with Crippen molar-refractivity contribution < 1.29 is 25.2 Å². The first-order valence-electron chi connectivity index (χ1n) is 13.6. The van der Waals surface area contributed by atoms with Crippen LogP contribution in [0.1, 0.15) is 86.5 Å². The fourth-order valence-electron chi connectivity index (χ4n) is 9.23. The molecule has 0 saturated heterocycles. The second-order valence-corrected chi connectivity index (χ2v) is 13.4. The third-order valence-corrected chi connectivity index (χ3v) is 11.7. The number of hydrogen-bond acceptors (Lipinski definition) is 5. The summed E-state index contributed by atoms with van der Waals surface area (Å²) in [6.07, 6.45) is 2.80. The molecule has 13 atom stereocenters. The zero-order valence-corrected chi connectivity index (χ0v) is 21.6. The van der Waals surface area contributed by atoms with E-state index in [4.69, 9.17) is 0 Å². The molecule has 4 fully saturated rings. The van der Waals surface area contributed by atoms with Gasteiger partial charge in [-0.05, 0) is 90.8 Å². The van der Waals surface area contributed by atoms with Crippen molar-refractivity contribution in [2.45, 2.75) is 111 Å². The van der Waals surface area contributed by atoms with Gasteiger partial charge in [0.1, 0.15) is 5.78 Å². The van der Waals surface area contributed by atoms with Crippen LogP contribution in [0.2, 0.25) is 0 Å². The van der Waals surface area contributed by atoms with Crippen molar-refractivity contribution in [2.24, 2.45) is 58.2 Å². The van der Waals surface area contributed by atoms with Gasteiger partial charge < -0.3 is 20.4 Å². The van der Waals surface area contributed by atoms with Gasteiger partial charge in [-0.15, -0.1) is 0 Å². The first-order chi connectivity index (χ1) is 15.3. The van der Waals surface area contributed by atoms with Gasteiger partial charge in [0, 0.05) is 12.3 Å². The summed E-state index contributed by atoms with van der Waals surface area (Å²) >= 11 is 0. The number of ketones is 1. The molecule has 5 heteroatoms. The van der Waals surface area contributed by atoms with Crippen LogP contribution in [0, 0.1) is 58.2 Å². The Bertz CT molecular complexity index is 738. The van der Waals surface area contributed by atoms with Crippen molar-refractivity contribution in [3.63, 3.8) is 0 Å². The fraction of sp³-hybridized carbons (Fsp3) is 0.964. The highest BCUT2D eigenvalue weighted by atomic mass is 16.3. The molecule has 4 N–H and O–H groups in total. The molecule has 0 radical (unpaired) electrons. The smallest absolute Gasteiger partial charge is 0.136 e. The molecule has 0 aromatic rings. The Morgan fingerprint density at radius 3 is 2.15 bits per heavy atom. The van der Waals surface area contributed by atoms with Crippen LogP contribution in [0.5, 0.6) is 0 Å². The molecular weight excluding hydrogens is 416 g/mol. The first kappa shape index (κ1) is 25.6. The molecular formula is C28H48O5. The van der Waals surface area contributed by atoms with Gasteiger partial charge in [-0.25, -0.2) is 0 Å². The fourth-order valence-corrected chi connectivity index (χ4v) is 9.23. The van der Waals surface area contributed by atoms with Crippen LogP contribution in [0.4, 0.5) is 0 Å². The van der Waals surface area contributed by atoms with E-state index in [1.54, 1.807) is 0 Å². The molecule has 0 aliphatic heterocycles. The lowest BCUT2D eigenvalue weighted by Crippen LogP contribution is -2.59. The highest BCUT2D eigenvalue weighted by Crippen LogP contribution is 2.67. The van der Waals surface area contributed by atoms with E-state index in [-0.39, 0.29) is 34.4 Å². The van der Waals surface area contributed by atoms with E-state index in [0.717, 1.165) is 25.7 Å². The predicted molar refractivity (Wildman–Crippen MR) is 128 cm³/mol. The van der Waals surface area contributed by atoms with Crippen LogP contribution >= 0.6 is 0 Å². The number of aliphatic hydroxyl groups is 4. The maximum Gasteiger partial charge on any atom is 0.136 e. The summed E-state index contributed by atoms with van der Waals surface area (Å²) in [6, 6.07) is 0. The Hall–Kier alpha value is -0.490. The first-order valence-corrected chi connectivity index (χ1v) is 13.6. The third kappa shape index (κ3) is 3.93. The lowest BCUT2D eigenvalue weighted by molar-refractivity contribution is -0.175. The summed E-state index contributed by atoms with van der Waals surface area (Å²) in [5, 5.41) is 42.8. The van der Waals surface area contributed by atoms with Crippen molar-refractivity contribution in [1.82, 2.24) is 0 Å². The maximum absolute atomic E-state index is 13.3.